The summed E-state index contributed by atoms with van der Waals surface area (Å²) in [6.07, 6.45) is 0. The Hall–Kier alpha value is -2.26. The summed E-state index contributed by atoms with van der Waals surface area (Å²) in [6.45, 7) is 0. The van der Waals surface area contributed by atoms with E-state index in [1.807, 2.05) is 22.6 Å². The van der Waals surface area contributed by atoms with E-state index in [0.717, 1.165) is 0 Å². The van der Waals surface area contributed by atoms with Crippen LogP contribution in [0.3, 0.4) is 0 Å². The van der Waals surface area contributed by atoms with Crippen molar-refractivity contribution < 1.29 is 13.2 Å². The lowest BCUT2D eigenvalue weighted by Crippen LogP contribution is -1.90. The van der Waals surface area contributed by atoms with Crippen LogP contribution in [0.15, 0.2) is 60.7 Å². The molecule has 118 valence electrons. The zero-order valence-corrected chi connectivity index (χ0v) is 14.4. The van der Waals surface area contributed by atoms with Crippen LogP contribution in [0.2, 0.25) is 0 Å². The van der Waals surface area contributed by atoms with E-state index in [1.165, 1.54) is 30.3 Å². The summed E-state index contributed by atoms with van der Waals surface area (Å²) >= 11 is 1.83. The number of benzene rings is 3. The lowest BCUT2D eigenvalue weighted by Gasteiger charge is -2.08. The highest BCUT2D eigenvalue weighted by molar-refractivity contribution is 14.1. The molecule has 4 heteroatoms. The van der Waals surface area contributed by atoms with Gasteiger partial charge in [0.05, 0.1) is 5.56 Å². The van der Waals surface area contributed by atoms with Crippen LogP contribution in [-0.2, 0) is 0 Å². The van der Waals surface area contributed by atoms with Gasteiger partial charge in [-0.05, 0) is 50.9 Å². The Morgan fingerprint density at radius 3 is 1.92 bits per heavy atom. The average Bonchev–Trinajstić information content (AvgIpc) is 2.57. The zero-order chi connectivity index (χ0) is 17.1. The van der Waals surface area contributed by atoms with E-state index in [9.17, 15) is 13.2 Å². The van der Waals surface area contributed by atoms with Crippen molar-refractivity contribution in [2.75, 3.05) is 0 Å². The van der Waals surface area contributed by atoms with E-state index in [-0.39, 0.29) is 11.4 Å². The second-order valence-electron chi connectivity index (χ2n) is 5.12. The van der Waals surface area contributed by atoms with Gasteiger partial charge >= 0.3 is 0 Å². The molecule has 0 radical (unpaired) electrons. The molecule has 0 unspecified atom stereocenters. The third kappa shape index (κ3) is 3.46. The van der Waals surface area contributed by atoms with Gasteiger partial charge in [-0.3, -0.25) is 0 Å². The summed E-state index contributed by atoms with van der Waals surface area (Å²) in [4.78, 5) is 0. The average molecular weight is 434 g/mol. The van der Waals surface area contributed by atoms with Crippen LogP contribution in [0.4, 0.5) is 13.2 Å². The molecule has 0 N–H and O–H groups in total. The van der Waals surface area contributed by atoms with Crippen molar-refractivity contribution in [1.29, 1.82) is 0 Å². The van der Waals surface area contributed by atoms with Crippen molar-refractivity contribution in [1.82, 2.24) is 0 Å². The molecule has 0 aliphatic carbocycles. The molecule has 3 aromatic rings. The van der Waals surface area contributed by atoms with Crippen molar-refractivity contribution in [3.05, 3.63) is 83.7 Å². The van der Waals surface area contributed by atoms with E-state index in [0.29, 0.717) is 22.3 Å². The molecule has 0 bridgehead atoms. The van der Waals surface area contributed by atoms with E-state index in [2.05, 4.69) is 9.85 Å². The number of hydrogen-bond donors (Lipinski definition) is 0. The Labute approximate surface area is 151 Å². The van der Waals surface area contributed by atoms with Gasteiger partial charge in [-0.25, -0.2) is 13.2 Å². The second-order valence-corrected chi connectivity index (χ2v) is 5.66. The van der Waals surface area contributed by atoms with E-state index < -0.39 is 11.6 Å². The van der Waals surface area contributed by atoms with Gasteiger partial charge in [0.2, 0.25) is 0 Å². The molecule has 0 saturated carbocycles. The van der Waals surface area contributed by atoms with E-state index >= 15 is 0 Å². The molecular weight excluding hydrogens is 424 g/mol. The number of halogens is 4. The van der Waals surface area contributed by atoms with Gasteiger partial charge in [0, 0.05) is 28.2 Å². The Bertz CT molecular complexity index is 951. The standard InChI is InChI=1S/C20H10F3I/c21-17-6-3-13(4-7-17)15-5-8-18(20(23)11-15)16-2-1-14(9-10-24)19(22)12-16/h1-8,11-12H. The lowest BCUT2D eigenvalue weighted by molar-refractivity contribution is 0.622. The summed E-state index contributed by atoms with van der Waals surface area (Å²) in [7, 11) is 0. The smallest absolute Gasteiger partial charge is 0.139 e. The largest absolute Gasteiger partial charge is 0.207 e. The highest BCUT2D eigenvalue weighted by Gasteiger charge is 2.10. The van der Waals surface area contributed by atoms with Crippen LogP contribution in [0, 0.1) is 27.3 Å². The highest BCUT2D eigenvalue weighted by Crippen LogP contribution is 2.29. The van der Waals surface area contributed by atoms with Crippen LogP contribution in [0.1, 0.15) is 5.56 Å². The van der Waals surface area contributed by atoms with Crippen molar-refractivity contribution in [3.63, 3.8) is 0 Å². The van der Waals surface area contributed by atoms with Crippen LogP contribution < -0.4 is 0 Å². The fourth-order valence-electron chi connectivity index (χ4n) is 2.41. The van der Waals surface area contributed by atoms with Gasteiger partial charge in [-0.2, -0.15) is 0 Å². The molecule has 3 rings (SSSR count). The SMILES string of the molecule is Fc1ccc(-c2ccc(-c3ccc(C#CI)c(F)c3)c(F)c2)cc1. The third-order valence-corrected chi connectivity index (χ3v) is 3.88. The molecule has 0 amide bonds. The van der Waals surface area contributed by atoms with E-state index in [1.54, 1.807) is 30.3 Å². The summed E-state index contributed by atoms with van der Waals surface area (Å²) in [5.74, 6) is 1.34. The molecule has 0 spiro atoms. The zero-order valence-electron chi connectivity index (χ0n) is 12.3. The van der Waals surface area contributed by atoms with Crippen LogP contribution in [0.25, 0.3) is 22.3 Å². The van der Waals surface area contributed by atoms with Crippen LogP contribution >= 0.6 is 22.6 Å². The Morgan fingerprint density at radius 2 is 1.29 bits per heavy atom. The molecule has 0 heterocycles. The van der Waals surface area contributed by atoms with E-state index in [4.69, 9.17) is 0 Å². The fraction of sp³-hybridized carbons (Fsp3) is 0. The van der Waals surface area contributed by atoms with Crippen LogP contribution in [-0.4, -0.2) is 0 Å². The van der Waals surface area contributed by atoms with Crippen molar-refractivity contribution >= 4 is 22.6 Å². The summed E-state index contributed by atoms with van der Waals surface area (Å²) < 4.78 is 44.0. The first-order chi connectivity index (χ1) is 11.6. The second kappa shape index (κ2) is 7.10. The Balaban J connectivity index is 1.99. The summed E-state index contributed by atoms with van der Waals surface area (Å²) in [6, 6.07) is 14.9. The van der Waals surface area contributed by atoms with Gasteiger partial charge in [0.1, 0.15) is 17.5 Å². The number of rotatable bonds is 2. The minimum Gasteiger partial charge on any atom is -0.207 e. The minimum absolute atomic E-state index is 0.275. The third-order valence-electron chi connectivity index (χ3n) is 3.61. The Morgan fingerprint density at radius 1 is 0.667 bits per heavy atom. The monoisotopic (exact) mass is 434 g/mol. The Kier molecular flexibility index (Phi) is 4.91. The minimum atomic E-state index is -0.487. The molecule has 0 atom stereocenters. The quantitative estimate of drug-likeness (QED) is 0.334. The van der Waals surface area contributed by atoms with Crippen molar-refractivity contribution in [3.8, 4) is 32.1 Å². The predicted molar refractivity (Wildman–Crippen MR) is 98.1 cm³/mol. The maximum Gasteiger partial charge on any atom is 0.139 e. The van der Waals surface area contributed by atoms with Crippen molar-refractivity contribution in [2.24, 2.45) is 0 Å². The first-order valence-electron chi connectivity index (χ1n) is 7.05. The molecule has 0 saturated heterocycles. The molecule has 0 aromatic heterocycles. The normalized spacial score (nSPS) is 10.2. The first-order valence-corrected chi connectivity index (χ1v) is 8.13. The molecule has 3 aromatic carbocycles. The summed E-state index contributed by atoms with van der Waals surface area (Å²) in [5, 5.41) is 0. The molecular formula is C20H10F3I. The van der Waals surface area contributed by atoms with Crippen LogP contribution in [0.5, 0.6) is 0 Å². The maximum absolute atomic E-state index is 14.5. The van der Waals surface area contributed by atoms with Crippen molar-refractivity contribution in [2.45, 2.75) is 0 Å². The lowest BCUT2D eigenvalue weighted by atomic mass is 9.99. The molecule has 0 aliphatic heterocycles. The highest BCUT2D eigenvalue weighted by atomic mass is 127. The van der Waals surface area contributed by atoms with Gasteiger partial charge in [-0.15, -0.1) is 0 Å². The van der Waals surface area contributed by atoms with Gasteiger partial charge in [0.25, 0.3) is 0 Å². The van der Waals surface area contributed by atoms with Gasteiger partial charge < -0.3 is 0 Å². The maximum atomic E-state index is 14.5. The first kappa shape index (κ1) is 16.6. The fourth-order valence-corrected chi connectivity index (χ4v) is 2.70. The molecule has 0 nitrogen and oxygen atoms in total. The summed E-state index contributed by atoms with van der Waals surface area (Å²) in [5.41, 5.74) is 2.35. The molecule has 0 aliphatic rings. The van der Waals surface area contributed by atoms with Gasteiger partial charge in [-0.1, -0.05) is 36.3 Å². The topological polar surface area (TPSA) is 0 Å². The number of hydrogen-bond acceptors (Lipinski definition) is 0. The molecule has 24 heavy (non-hydrogen) atoms. The predicted octanol–water partition coefficient (Wildman–Crippen LogP) is 6.18. The molecule has 0 fully saturated rings. The van der Waals surface area contributed by atoms with Gasteiger partial charge in [0.15, 0.2) is 0 Å².